The van der Waals surface area contributed by atoms with Gasteiger partial charge in [-0.05, 0) is 42.5 Å². The summed E-state index contributed by atoms with van der Waals surface area (Å²) in [7, 11) is 0. The zero-order chi connectivity index (χ0) is 35.9. The zero-order valence-electron chi connectivity index (χ0n) is 24.7. The molecule has 2 fully saturated rings. The van der Waals surface area contributed by atoms with Crippen LogP contribution in [0.4, 0.5) is 35.1 Å². The van der Waals surface area contributed by atoms with E-state index in [0.29, 0.717) is 18.4 Å². The van der Waals surface area contributed by atoms with Crippen LogP contribution in [0, 0.1) is 0 Å². The van der Waals surface area contributed by atoms with Crippen LogP contribution in [0.2, 0.25) is 0 Å². The fraction of sp³-hybridized carbons (Fsp3) is 0.517. The largest absolute Gasteiger partial charge is 0.487 e. The lowest BCUT2D eigenvalue weighted by Gasteiger charge is -2.39. The maximum absolute atomic E-state index is 13.6. The van der Waals surface area contributed by atoms with Crippen molar-refractivity contribution in [3.05, 3.63) is 63.7 Å². The molecular weight excluding hydrogens is 704 g/mol. The van der Waals surface area contributed by atoms with E-state index in [9.17, 15) is 60.7 Å². The van der Waals surface area contributed by atoms with E-state index in [-0.39, 0.29) is 51.7 Å². The lowest BCUT2D eigenvalue weighted by atomic mass is 9.91. The topological polar surface area (TPSA) is 164 Å². The fourth-order valence-corrected chi connectivity index (χ4v) is 6.09. The number of rotatable bonds is 12. The first-order valence-electron chi connectivity index (χ1n) is 14.4. The molecule has 5 N–H and O–H groups in total. The van der Waals surface area contributed by atoms with E-state index < -0.39 is 72.8 Å². The molecule has 0 bridgehead atoms. The van der Waals surface area contributed by atoms with E-state index in [2.05, 4.69) is 14.7 Å². The van der Waals surface area contributed by atoms with Crippen LogP contribution in [-0.2, 0) is 16.8 Å². The highest BCUT2D eigenvalue weighted by atomic mass is 32.1. The smallest absolute Gasteiger partial charge is 0.433 e. The summed E-state index contributed by atoms with van der Waals surface area (Å²) in [5.74, 6) is -1.77. The van der Waals surface area contributed by atoms with Gasteiger partial charge in [0.25, 0.3) is 0 Å². The molecule has 20 heteroatoms. The highest BCUT2D eigenvalue weighted by Crippen LogP contribution is 2.52. The zero-order valence-corrected chi connectivity index (χ0v) is 25.5. The number of halogens is 8. The van der Waals surface area contributed by atoms with Gasteiger partial charge in [-0.25, -0.2) is 9.97 Å². The number of hydrogen-bond acceptors (Lipinski definition) is 12. The summed E-state index contributed by atoms with van der Waals surface area (Å²) in [6, 6.07) is 6.32. The summed E-state index contributed by atoms with van der Waals surface area (Å²) in [4.78, 5) is 7.19. The van der Waals surface area contributed by atoms with Gasteiger partial charge in [-0.3, -0.25) is 0 Å². The molecule has 1 aromatic carbocycles. The fourth-order valence-electron chi connectivity index (χ4n) is 4.91. The lowest BCUT2D eigenvalue weighted by Crippen LogP contribution is -2.60. The molecule has 0 radical (unpaired) electrons. The molecule has 49 heavy (non-hydrogen) atoms. The molecule has 1 aliphatic heterocycles. The Morgan fingerprint density at radius 3 is 2.14 bits per heavy atom. The van der Waals surface area contributed by atoms with Gasteiger partial charge in [-0.1, -0.05) is 12.1 Å². The van der Waals surface area contributed by atoms with Crippen molar-refractivity contribution in [3.8, 4) is 17.4 Å². The number of ether oxygens (including phenoxy) is 4. The van der Waals surface area contributed by atoms with Gasteiger partial charge in [0.05, 0.1) is 12.7 Å². The molecule has 3 aromatic rings. The highest BCUT2D eigenvalue weighted by Gasteiger charge is 2.73. The van der Waals surface area contributed by atoms with Crippen molar-refractivity contribution in [2.24, 2.45) is 0 Å². The summed E-state index contributed by atoms with van der Waals surface area (Å²) < 4.78 is 129. The monoisotopic (exact) mass is 732 g/mol. The van der Waals surface area contributed by atoms with Crippen molar-refractivity contribution in [1.82, 2.24) is 9.97 Å². The molecule has 1 aliphatic carbocycles. The number of aliphatic hydroxyl groups is 5. The van der Waals surface area contributed by atoms with Crippen LogP contribution >= 0.6 is 11.3 Å². The average molecular weight is 733 g/mol. The number of alkyl halides is 8. The lowest BCUT2D eigenvalue weighted by molar-refractivity contribution is -0.376. The summed E-state index contributed by atoms with van der Waals surface area (Å²) in [5.41, 5.74) is -4.77. The van der Waals surface area contributed by atoms with Gasteiger partial charge in [0.15, 0.2) is 11.5 Å². The number of aromatic nitrogens is 2. The first-order valence-corrected chi connectivity index (χ1v) is 15.2. The van der Waals surface area contributed by atoms with Crippen LogP contribution in [0.15, 0.2) is 42.7 Å². The van der Waals surface area contributed by atoms with Crippen molar-refractivity contribution in [1.29, 1.82) is 0 Å². The molecule has 270 valence electrons. The average Bonchev–Trinajstić information content (AvgIpc) is 3.71. The van der Waals surface area contributed by atoms with Crippen LogP contribution < -0.4 is 14.2 Å². The van der Waals surface area contributed by atoms with Crippen LogP contribution in [0.5, 0.6) is 17.4 Å². The molecular formula is C29H28F8N2O9S. The number of pyridine rings is 1. The Morgan fingerprint density at radius 1 is 0.878 bits per heavy atom. The Morgan fingerprint density at radius 2 is 1.57 bits per heavy atom. The van der Waals surface area contributed by atoms with E-state index in [1.165, 1.54) is 30.5 Å². The summed E-state index contributed by atoms with van der Waals surface area (Å²) in [6.45, 7) is -3.95. The van der Waals surface area contributed by atoms with Crippen LogP contribution in [0.3, 0.4) is 0 Å². The molecule has 3 heterocycles. The van der Waals surface area contributed by atoms with E-state index in [1.807, 2.05) is 0 Å². The van der Waals surface area contributed by atoms with Crippen molar-refractivity contribution in [3.63, 3.8) is 0 Å². The Labute approximate surface area is 275 Å². The van der Waals surface area contributed by atoms with Gasteiger partial charge in [-0.15, -0.1) is 11.3 Å². The SMILES string of the molecule is OCC1O[C@@H](Oc2ccc(C[C@@H](c3ccc(OC(F)F)c(OC4CC4)c3)c3cnc(C(O)(C(F)(F)F)C(F)(F)F)s3)cn2)C(O)[C@H](O)[C@@H]1O. The first kappa shape index (κ1) is 36.9. The Kier molecular flexibility index (Phi) is 10.6. The molecule has 1 saturated carbocycles. The predicted molar refractivity (Wildman–Crippen MR) is 149 cm³/mol. The number of thiazole rings is 1. The number of aliphatic hydroxyl groups excluding tert-OH is 4. The van der Waals surface area contributed by atoms with E-state index in [1.54, 1.807) is 0 Å². The Balaban J connectivity index is 1.48. The highest BCUT2D eigenvalue weighted by molar-refractivity contribution is 7.11. The molecule has 2 unspecified atom stereocenters. The maximum Gasteiger partial charge on any atom is 0.433 e. The number of benzene rings is 1. The van der Waals surface area contributed by atoms with E-state index in [0.717, 1.165) is 12.3 Å². The van der Waals surface area contributed by atoms with Gasteiger partial charge in [0.1, 0.15) is 29.4 Å². The van der Waals surface area contributed by atoms with Gasteiger partial charge < -0.3 is 44.5 Å². The molecule has 0 spiro atoms. The second kappa shape index (κ2) is 14.1. The molecule has 5 rings (SSSR count). The van der Waals surface area contributed by atoms with Gasteiger partial charge in [0.2, 0.25) is 12.2 Å². The van der Waals surface area contributed by atoms with Gasteiger partial charge in [0, 0.05) is 29.3 Å². The standard InChI is InChI=1S/C29H28F8N2O9S/c30-26(31)47-16-5-2-13(8-17(16)45-14-3-4-14)15(19-10-39-25(49-19)27(44,28(32,33)34)29(35,36)37)7-12-1-6-20(38-9-12)48-24-23(43)22(42)21(41)18(11-40)46-24/h1-2,5-6,8-10,14-15,18,21-24,26,40-44H,3-4,7,11H2/t15-,18?,21+,22+,23?,24-/m0/s1. The van der Waals surface area contributed by atoms with Crippen molar-refractivity contribution >= 4 is 11.3 Å². The number of hydrogen-bond donors (Lipinski definition) is 5. The minimum atomic E-state index is -6.18. The van der Waals surface area contributed by atoms with Crippen LogP contribution in [0.25, 0.3) is 0 Å². The molecule has 1 saturated heterocycles. The molecule has 6 atom stereocenters. The summed E-state index contributed by atoms with van der Waals surface area (Å²) >= 11 is -0.0551. The second-order valence-electron chi connectivity index (χ2n) is 11.3. The Bertz CT molecular complexity index is 1560. The maximum atomic E-state index is 13.6. The molecule has 0 amide bonds. The third kappa shape index (κ3) is 7.84. The quantitative estimate of drug-likeness (QED) is 0.173. The minimum Gasteiger partial charge on any atom is -0.487 e. The van der Waals surface area contributed by atoms with Crippen LogP contribution in [-0.4, -0.2) is 97.9 Å². The molecule has 11 nitrogen and oxygen atoms in total. The summed E-state index contributed by atoms with van der Waals surface area (Å²) in [6.07, 6.45) is -17.7. The molecule has 2 aromatic heterocycles. The molecule has 2 aliphatic rings. The first-order chi connectivity index (χ1) is 22.9. The third-order valence-corrected chi connectivity index (χ3v) is 8.94. The van der Waals surface area contributed by atoms with Crippen molar-refractivity contribution in [2.45, 2.75) is 86.6 Å². The number of nitrogens with zero attached hydrogens (tertiary/aromatic N) is 2. The van der Waals surface area contributed by atoms with Gasteiger partial charge in [-0.2, -0.15) is 35.1 Å². The van der Waals surface area contributed by atoms with E-state index in [4.69, 9.17) is 14.2 Å². The van der Waals surface area contributed by atoms with Crippen molar-refractivity contribution < 1.29 is 79.6 Å². The third-order valence-electron chi connectivity index (χ3n) is 7.72. The summed E-state index contributed by atoms with van der Waals surface area (Å²) in [5, 5.41) is 47.8. The van der Waals surface area contributed by atoms with Crippen molar-refractivity contribution in [2.75, 3.05) is 6.61 Å². The minimum absolute atomic E-state index is 0.0551. The van der Waals surface area contributed by atoms with Crippen LogP contribution in [0.1, 0.15) is 39.8 Å². The normalized spacial score (nSPS) is 24.2. The Hall–Kier alpha value is -3.40. The predicted octanol–water partition coefficient (Wildman–Crippen LogP) is 3.55. The van der Waals surface area contributed by atoms with Gasteiger partial charge >= 0.3 is 24.6 Å². The second-order valence-corrected chi connectivity index (χ2v) is 12.3. The van der Waals surface area contributed by atoms with E-state index >= 15 is 0 Å².